The van der Waals surface area contributed by atoms with E-state index in [1.807, 2.05) is 59.4 Å². The first-order chi connectivity index (χ1) is 22.0. The molecule has 10 nitrogen and oxygen atoms in total. The van der Waals surface area contributed by atoms with Crippen LogP contribution in [-0.4, -0.2) is 80.0 Å². The van der Waals surface area contributed by atoms with Crippen molar-refractivity contribution in [1.29, 1.82) is 0 Å². The summed E-state index contributed by atoms with van der Waals surface area (Å²) in [5, 5.41) is 9.61. The van der Waals surface area contributed by atoms with Gasteiger partial charge in [0, 0.05) is 81.2 Å². The number of amides is 1. The fraction of sp³-hybridized carbons (Fsp3) is 0.273. The summed E-state index contributed by atoms with van der Waals surface area (Å²) in [4.78, 5) is 41.0. The minimum Gasteiger partial charge on any atom is -0.365 e. The van der Waals surface area contributed by atoms with Crippen LogP contribution in [-0.2, 0) is 24.2 Å². The van der Waals surface area contributed by atoms with E-state index in [9.17, 15) is 4.79 Å². The predicted octanol–water partition coefficient (Wildman–Crippen LogP) is 5.41. The first-order valence-corrected chi connectivity index (χ1v) is 16.0. The van der Waals surface area contributed by atoms with Crippen molar-refractivity contribution in [2.24, 2.45) is 0 Å². The zero-order chi connectivity index (χ0) is 31.3. The van der Waals surface area contributed by atoms with Crippen LogP contribution >= 0.6 is 22.9 Å². The van der Waals surface area contributed by atoms with Gasteiger partial charge in [0.15, 0.2) is 5.13 Å². The van der Waals surface area contributed by atoms with Crippen LogP contribution in [0.1, 0.15) is 34.1 Å². The van der Waals surface area contributed by atoms with Gasteiger partial charge in [0.25, 0.3) is 5.91 Å². The van der Waals surface area contributed by atoms with Gasteiger partial charge in [-0.2, -0.15) is 5.10 Å². The maximum Gasteiger partial charge on any atom is 0.253 e. The number of thiazole rings is 1. The third kappa shape index (κ3) is 6.37. The summed E-state index contributed by atoms with van der Waals surface area (Å²) in [5.41, 5.74) is 7.55. The van der Waals surface area contributed by atoms with Crippen molar-refractivity contribution in [2.45, 2.75) is 26.3 Å². The van der Waals surface area contributed by atoms with Gasteiger partial charge in [0.05, 0.1) is 32.7 Å². The Morgan fingerprint density at radius 1 is 1.04 bits per heavy atom. The maximum absolute atomic E-state index is 13.5. The molecule has 12 heteroatoms. The normalized spacial score (nSPS) is 14.2. The summed E-state index contributed by atoms with van der Waals surface area (Å²) in [5.74, 6) is -0.00794. The van der Waals surface area contributed by atoms with Crippen molar-refractivity contribution < 1.29 is 9.59 Å². The zero-order valence-corrected chi connectivity index (χ0v) is 26.7. The molecule has 2 aliphatic rings. The molecule has 0 bridgehead atoms. The van der Waals surface area contributed by atoms with E-state index in [4.69, 9.17) is 26.5 Å². The number of nitrogens with one attached hydrogen (secondary N) is 1. The lowest BCUT2D eigenvalue weighted by atomic mass is 9.95. The van der Waals surface area contributed by atoms with Crippen LogP contribution in [0.2, 0.25) is 5.02 Å². The lowest BCUT2D eigenvalue weighted by Gasteiger charge is -2.34. The number of pyridine rings is 2. The first kappa shape index (κ1) is 30.6. The molecule has 0 unspecified atom stereocenters. The number of nitrogens with zero attached hydrogens (tertiary/aromatic N) is 7. The van der Waals surface area contributed by atoms with Crippen LogP contribution in [0.25, 0.3) is 27.5 Å². The Morgan fingerprint density at radius 3 is 2.47 bits per heavy atom. The summed E-state index contributed by atoms with van der Waals surface area (Å²) in [7, 11) is 1.89. The number of rotatable bonds is 6. The third-order valence-electron chi connectivity index (χ3n) is 7.87. The quantitative estimate of drug-likeness (QED) is 0.246. The van der Waals surface area contributed by atoms with Gasteiger partial charge in [-0.1, -0.05) is 29.0 Å². The molecule has 1 aliphatic heterocycles. The molecular weight excluding hydrogens is 608 g/mol. The lowest BCUT2D eigenvalue weighted by Crippen LogP contribution is -2.48. The van der Waals surface area contributed by atoms with Gasteiger partial charge >= 0.3 is 0 Å². The van der Waals surface area contributed by atoms with Crippen LogP contribution in [0.5, 0.6) is 0 Å². The van der Waals surface area contributed by atoms with Gasteiger partial charge < -0.3 is 15.0 Å². The van der Waals surface area contributed by atoms with E-state index in [0.717, 1.165) is 82.7 Å². The second-order valence-electron chi connectivity index (χ2n) is 10.7. The van der Waals surface area contributed by atoms with Crippen molar-refractivity contribution in [3.05, 3.63) is 94.7 Å². The lowest BCUT2D eigenvalue weighted by molar-refractivity contribution is -0.106. The second-order valence-corrected chi connectivity index (χ2v) is 12.1. The molecule has 1 amide bonds. The minimum atomic E-state index is -0.00794. The van der Waals surface area contributed by atoms with Gasteiger partial charge in [-0.25, -0.2) is 9.67 Å². The standard InChI is InChI=1S/C31H29ClN8OS.C2H4O/c1-33-31-36-25-8-7-23-27(22-5-3-11-35-18-22)37-40(28(23)29(25)42-31)26-9-6-21(16-24(26)32)30(41)39-14-12-38(13-15-39)19-20-4-2-10-34-17-20;1-2-3/h2-6,9-11,16-18H,7-8,12-15,19H2,1H3,(H,33,36);2H,1H3. The third-order valence-corrected chi connectivity index (χ3v) is 9.29. The number of halogens is 1. The molecule has 45 heavy (non-hydrogen) atoms. The van der Waals surface area contributed by atoms with Gasteiger partial charge in [0.2, 0.25) is 0 Å². The molecule has 1 fully saturated rings. The highest BCUT2D eigenvalue weighted by Crippen LogP contribution is 2.44. The van der Waals surface area contributed by atoms with Crippen LogP contribution in [0, 0.1) is 0 Å². The fourth-order valence-electron chi connectivity index (χ4n) is 5.74. The number of piperazine rings is 1. The fourth-order valence-corrected chi connectivity index (χ4v) is 7.02. The Hall–Kier alpha value is -4.45. The van der Waals surface area contributed by atoms with Gasteiger partial charge in [-0.3, -0.25) is 19.7 Å². The van der Waals surface area contributed by atoms with E-state index < -0.39 is 0 Å². The Labute approximate surface area is 270 Å². The summed E-state index contributed by atoms with van der Waals surface area (Å²) >= 11 is 8.55. The molecule has 1 aliphatic carbocycles. The average molecular weight is 641 g/mol. The molecule has 1 saturated heterocycles. The number of hydrogen-bond acceptors (Lipinski definition) is 9. The van der Waals surface area contributed by atoms with Crippen LogP contribution < -0.4 is 5.32 Å². The van der Waals surface area contributed by atoms with Crippen molar-refractivity contribution in [3.63, 3.8) is 0 Å². The van der Waals surface area contributed by atoms with E-state index in [0.29, 0.717) is 23.7 Å². The molecule has 0 radical (unpaired) electrons. The first-order valence-electron chi connectivity index (χ1n) is 14.8. The highest BCUT2D eigenvalue weighted by Gasteiger charge is 2.31. The number of anilines is 1. The Kier molecular flexibility index (Phi) is 9.29. The van der Waals surface area contributed by atoms with Gasteiger partial charge in [-0.05, 0) is 61.7 Å². The maximum atomic E-state index is 13.5. The molecule has 5 heterocycles. The largest absolute Gasteiger partial charge is 0.365 e. The molecule has 7 rings (SSSR count). The SMILES string of the molecule is CC=O.CNc1nc2c(s1)-c1c(c(-c3cccnc3)nn1-c1ccc(C(=O)N3CCN(Cc4cccnc4)CC3)cc1Cl)CC2. The Balaban J connectivity index is 0.00000115. The van der Waals surface area contributed by atoms with Crippen LogP contribution in [0.3, 0.4) is 0 Å². The zero-order valence-electron chi connectivity index (χ0n) is 25.1. The Bertz CT molecular complexity index is 1800. The number of aldehydes is 1. The van der Waals surface area contributed by atoms with E-state index >= 15 is 0 Å². The molecule has 5 aromatic rings. The number of aryl methyl sites for hydroxylation is 1. The van der Waals surface area contributed by atoms with Crippen molar-refractivity contribution in [3.8, 4) is 27.5 Å². The van der Waals surface area contributed by atoms with Crippen molar-refractivity contribution in [2.75, 3.05) is 38.5 Å². The number of carbonyl (C=O) groups is 2. The predicted molar refractivity (Wildman–Crippen MR) is 177 cm³/mol. The van der Waals surface area contributed by atoms with E-state index in [1.165, 1.54) is 12.5 Å². The Morgan fingerprint density at radius 2 is 1.80 bits per heavy atom. The molecule has 4 aromatic heterocycles. The molecule has 1 N–H and O–H groups in total. The molecule has 0 saturated carbocycles. The smallest absolute Gasteiger partial charge is 0.253 e. The topological polar surface area (TPSA) is 109 Å². The number of aromatic nitrogens is 5. The van der Waals surface area contributed by atoms with Gasteiger partial charge in [-0.15, -0.1) is 0 Å². The highest BCUT2D eigenvalue weighted by molar-refractivity contribution is 7.19. The van der Waals surface area contributed by atoms with Crippen LogP contribution in [0.4, 0.5) is 5.13 Å². The monoisotopic (exact) mass is 640 g/mol. The number of fused-ring (bicyclic) bond motifs is 3. The summed E-state index contributed by atoms with van der Waals surface area (Å²) in [6.45, 7) is 5.25. The summed E-state index contributed by atoms with van der Waals surface area (Å²) in [6.07, 6.45) is 9.70. The van der Waals surface area contributed by atoms with E-state index in [2.05, 4.69) is 26.3 Å². The van der Waals surface area contributed by atoms with Gasteiger partial charge in [0.1, 0.15) is 6.29 Å². The van der Waals surface area contributed by atoms with Crippen molar-refractivity contribution >= 4 is 40.3 Å². The highest BCUT2D eigenvalue weighted by atomic mass is 35.5. The van der Waals surface area contributed by atoms with E-state index in [-0.39, 0.29) is 5.91 Å². The number of benzene rings is 1. The number of carbonyl (C=O) groups excluding carboxylic acids is 2. The summed E-state index contributed by atoms with van der Waals surface area (Å²) < 4.78 is 1.92. The molecular formula is C33H33ClN8O2S. The number of hydrogen-bond donors (Lipinski definition) is 1. The minimum absolute atomic E-state index is 0.00794. The average Bonchev–Trinajstić information content (AvgIpc) is 3.68. The van der Waals surface area contributed by atoms with E-state index in [1.54, 1.807) is 29.8 Å². The molecule has 0 spiro atoms. The van der Waals surface area contributed by atoms with Crippen LogP contribution in [0.15, 0.2) is 67.3 Å². The van der Waals surface area contributed by atoms with Crippen molar-refractivity contribution in [1.82, 2.24) is 34.5 Å². The second kappa shape index (κ2) is 13.7. The molecule has 0 atom stereocenters. The molecule has 1 aromatic carbocycles. The molecule has 230 valence electrons. The summed E-state index contributed by atoms with van der Waals surface area (Å²) in [6, 6.07) is 13.5.